The van der Waals surface area contributed by atoms with Crippen molar-refractivity contribution in [2.75, 3.05) is 0 Å². The van der Waals surface area contributed by atoms with Crippen molar-refractivity contribution in [1.82, 2.24) is 9.55 Å². The minimum atomic E-state index is -4.60. The molecule has 2 aromatic rings. The second kappa shape index (κ2) is 3.97. The summed E-state index contributed by atoms with van der Waals surface area (Å²) in [6.45, 7) is 1.83. The molecule has 0 saturated heterocycles. The lowest BCUT2D eigenvalue weighted by Gasteiger charge is -2.11. The smallest absolute Gasteiger partial charge is 0.449 e. The topological polar surface area (TPSA) is 55.1 Å². The van der Waals surface area contributed by atoms with Crippen LogP contribution in [0.5, 0.6) is 0 Å². The average molecular weight is 284 g/mol. The number of carbonyl (C=O) groups is 1. The molecule has 1 aliphatic rings. The van der Waals surface area contributed by atoms with Gasteiger partial charge in [-0.2, -0.15) is 13.2 Å². The molecule has 0 amide bonds. The summed E-state index contributed by atoms with van der Waals surface area (Å²) in [5, 5.41) is 9.17. The molecule has 2 atom stereocenters. The molecular formula is C13H11F3N2O2. The molecule has 2 unspecified atom stereocenters. The summed E-state index contributed by atoms with van der Waals surface area (Å²) in [4.78, 5) is 14.8. The molecule has 1 aromatic heterocycles. The fraction of sp³-hybridized carbons (Fsp3) is 0.385. The van der Waals surface area contributed by atoms with Gasteiger partial charge in [-0.05, 0) is 24.5 Å². The molecule has 106 valence electrons. The molecule has 1 aliphatic carbocycles. The SMILES string of the molecule is CC1CC1n1c(C(F)(F)F)nc2cccc(C(=O)O)c21. The van der Waals surface area contributed by atoms with Crippen molar-refractivity contribution in [1.29, 1.82) is 0 Å². The molecule has 0 spiro atoms. The molecule has 1 heterocycles. The second-order valence-corrected chi connectivity index (χ2v) is 5.06. The van der Waals surface area contributed by atoms with Gasteiger partial charge in [0.15, 0.2) is 0 Å². The van der Waals surface area contributed by atoms with Crippen LogP contribution in [0.25, 0.3) is 11.0 Å². The Morgan fingerprint density at radius 2 is 2.10 bits per heavy atom. The molecule has 20 heavy (non-hydrogen) atoms. The van der Waals surface area contributed by atoms with Crippen molar-refractivity contribution in [3.63, 3.8) is 0 Å². The highest BCUT2D eigenvalue weighted by atomic mass is 19.4. The summed E-state index contributed by atoms with van der Waals surface area (Å²) in [6.07, 6.45) is -4.00. The van der Waals surface area contributed by atoms with Gasteiger partial charge in [-0.15, -0.1) is 0 Å². The highest BCUT2D eigenvalue weighted by Gasteiger charge is 2.45. The summed E-state index contributed by atoms with van der Waals surface area (Å²) in [5.41, 5.74) is -0.0254. The predicted molar refractivity (Wildman–Crippen MR) is 64.5 cm³/mol. The summed E-state index contributed by atoms with van der Waals surface area (Å²) in [6, 6.07) is 3.77. The zero-order valence-electron chi connectivity index (χ0n) is 10.5. The van der Waals surface area contributed by atoms with Crippen LogP contribution in [-0.2, 0) is 6.18 Å². The normalized spacial score (nSPS) is 22.2. The highest BCUT2D eigenvalue weighted by Crippen LogP contribution is 2.48. The standard InChI is InChI=1S/C13H11F3N2O2/c1-6-5-9(6)18-10-7(11(19)20)3-2-4-8(10)17-12(18)13(14,15)16/h2-4,6,9H,5H2,1H3,(H,19,20). The van der Waals surface area contributed by atoms with Gasteiger partial charge in [0.1, 0.15) is 0 Å². The minimum Gasteiger partial charge on any atom is -0.478 e. The first-order valence-corrected chi connectivity index (χ1v) is 6.12. The number of benzene rings is 1. The third kappa shape index (κ3) is 1.85. The molecule has 1 N–H and O–H groups in total. The quantitative estimate of drug-likeness (QED) is 0.920. The second-order valence-electron chi connectivity index (χ2n) is 5.06. The van der Waals surface area contributed by atoms with E-state index < -0.39 is 18.0 Å². The monoisotopic (exact) mass is 284 g/mol. The molecule has 0 radical (unpaired) electrons. The number of aromatic carboxylic acids is 1. The van der Waals surface area contributed by atoms with Crippen LogP contribution >= 0.6 is 0 Å². The lowest BCUT2D eigenvalue weighted by Crippen LogP contribution is -2.15. The van der Waals surface area contributed by atoms with Gasteiger partial charge < -0.3 is 9.67 Å². The molecule has 1 aromatic carbocycles. The Balaban J connectivity index is 2.36. The van der Waals surface area contributed by atoms with E-state index in [2.05, 4.69) is 4.98 Å². The van der Waals surface area contributed by atoms with Gasteiger partial charge in [0, 0.05) is 6.04 Å². The largest absolute Gasteiger partial charge is 0.478 e. The van der Waals surface area contributed by atoms with Crippen molar-refractivity contribution in [2.45, 2.75) is 25.6 Å². The van der Waals surface area contributed by atoms with E-state index in [1.807, 2.05) is 6.92 Å². The molecule has 0 bridgehead atoms. The average Bonchev–Trinajstić information content (AvgIpc) is 2.92. The number of rotatable bonds is 2. The Bertz CT molecular complexity index is 705. The first kappa shape index (κ1) is 13.0. The summed E-state index contributed by atoms with van der Waals surface area (Å²) >= 11 is 0. The first-order valence-electron chi connectivity index (χ1n) is 6.12. The van der Waals surface area contributed by atoms with Crippen molar-refractivity contribution < 1.29 is 23.1 Å². The van der Waals surface area contributed by atoms with Crippen LogP contribution in [0.15, 0.2) is 18.2 Å². The lowest BCUT2D eigenvalue weighted by atomic mass is 10.2. The van der Waals surface area contributed by atoms with Crippen LogP contribution < -0.4 is 0 Å². The number of carboxylic acids is 1. The van der Waals surface area contributed by atoms with E-state index >= 15 is 0 Å². The van der Waals surface area contributed by atoms with Crippen LogP contribution in [0.3, 0.4) is 0 Å². The van der Waals surface area contributed by atoms with Crippen LogP contribution in [0.1, 0.15) is 35.6 Å². The molecule has 3 rings (SSSR count). The van der Waals surface area contributed by atoms with Crippen molar-refractivity contribution in [3.8, 4) is 0 Å². The Kier molecular flexibility index (Phi) is 2.57. The summed E-state index contributed by atoms with van der Waals surface area (Å²) in [5.74, 6) is -2.18. The van der Waals surface area contributed by atoms with Gasteiger partial charge in [-0.1, -0.05) is 13.0 Å². The highest BCUT2D eigenvalue weighted by molar-refractivity contribution is 6.01. The first-order chi connectivity index (χ1) is 9.30. The van der Waals surface area contributed by atoms with E-state index in [-0.39, 0.29) is 28.6 Å². The van der Waals surface area contributed by atoms with E-state index in [4.69, 9.17) is 5.11 Å². The van der Waals surface area contributed by atoms with Gasteiger partial charge in [0.25, 0.3) is 0 Å². The molecule has 4 nitrogen and oxygen atoms in total. The number of para-hydroxylation sites is 1. The molecular weight excluding hydrogens is 273 g/mol. The Morgan fingerprint density at radius 1 is 1.45 bits per heavy atom. The molecule has 1 fully saturated rings. The number of imidazole rings is 1. The lowest BCUT2D eigenvalue weighted by molar-refractivity contribution is -0.147. The van der Waals surface area contributed by atoms with E-state index in [9.17, 15) is 18.0 Å². The number of alkyl halides is 3. The number of hydrogen-bond donors (Lipinski definition) is 1. The van der Waals surface area contributed by atoms with Crippen molar-refractivity contribution in [2.24, 2.45) is 5.92 Å². The van der Waals surface area contributed by atoms with Gasteiger partial charge >= 0.3 is 12.1 Å². The number of aromatic nitrogens is 2. The summed E-state index contributed by atoms with van der Waals surface area (Å²) in [7, 11) is 0. The van der Waals surface area contributed by atoms with Gasteiger partial charge in [0.05, 0.1) is 16.6 Å². The number of hydrogen-bond acceptors (Lipinski definition) is 2. The van der Waals surface area contributed by atoms with Crippen LogP contribution in [0.4, 0.5) is 13.2 Å². The maximum absolute atomic E-state index is 13.1. The number of halogens is 3. The third-order valence-corrected chi connectivity index (χ3v) is 3.59. The fourth-order valence-corrected chi connectivity index (χ4v) is 2.51. The number of nitrogens with zero attached hydrogens (tertiary/aromatic N) is 2. The van der Waals surface area contributed by atoms with Crippen molar-refractivity contribution >= 4 is 17.0 Å². The minimum absolute atomic E-state index is 0.0571. The maximum Gasteiger partial charge on any atom is 0.449 e. The van der Waals surface area contributed by atoms with Gasteiger partial charge in [-0.3, -0.25) is 0 Å². The van der Waals surface area contributed by atoms with E-state index in [1.54, 1.807) is 0 Å². The number of fused-ring (bicyclic) bond motifs is 1. The number of carboxylic acid groups (broad SMARTS) is 1. The van der Waals surface area contributed by atoms with E-state index in [0.717, 1.165) is 4.57 Å². The Labute approximate surface area is 111 Å². The fourth-order valence-electron chi connectivity index (χ4n) is 2.51. The molecule has 7 heteroatoms. The third-order valence-electron chi connectivity index (χ3n) is 3.59. The van der Waals surface area contributed by atoms with Gasteiger partial charge in [0.2, 0.25) is 5.82 Å². The maximum atomic E-state index is 13.1. The predicted octanol–water partition coefficient (Wildman–Crippen LogP) is 3.33. The Hall–Kier alpha value is -2.05. The van der Waals surface area contributed by atoms with Gasteiger partial charge in [-0.25, -0.2) is 9.78 Å². The van der Waals surface area contributed by atoms with E-state index in [1.165, 1.54) is 18.2 Å². The Morgan fingerprint density at radius 3 is 2.60 bits per heavy atom. The molecule has 0 aliphatic heterocycles. The summed E-state index contributed by atoms with van der Waals surface area (Å²) < 4.78 is 40.4. The van der Waals surface area contributed by atoms with E-state index in [0.29, 0.717) is 6.42 Å². The van der Waals surface area contributed by atoms with Crippen LogP contribution in [0, 0.1) is 5.92 Å². The van der Waals surface area contributed by atoms with Crippen molar-refractivity contribution in [3.05, 3.63) is 29.6 Å². The zero-order chi connectivity index (χ0) is 14.7. The van der Waals surface area contributed by atoms with Crippen LogP contribution in [0.2, 0.25) is 0 Å². The molecule has 1 saturated carbocycles. The van der Waals surface area contributed by atoms with Crippen LogP contribution in [-0.4, -0.2) is 20.6 Å². The zero-order valence-corrected chi connectivity index (χ0v) is 10.5.